The molecule has 0 aliphatic rings. The molecule has 0 amide bonds. The summed E-state index contributed by atoms with van der Waals surface area (Å²) in [5, 5.41) is 9.93. The van der Waals surface area contributed by atoms with Crippen molar-refractivity contribution in [1.82, 2.24) is 0 Å². The van der Waals surface area contributed by atoms with Gasteiger partial charge in [0, 0.05) is 4.47 Å². The average molecular weight is 538 g/mol. The van der Waals surface area contributed by atoms with Gasteiger partial charge in [0.05, 0.1) is 30.7 Å². The van der Waals surface area contributed by atoms with Crippen LogP contribution in [0.5, 0.6) is 5.75 Å². The quantitative estimate of drug-likeness (QED) is 0.422. The normalized spacial score (nSPS) is 12.9. The first-order chi connectivity index (χ1) is 10.6. The molecule has 0 fully saturated rings. The lowest BCUT2D eigenvalue weighted by Gasteiger charge is -2.17. The Morgan fingerprint density at radius 2 is 1.96 bits per heavy atom. The minimum atomic E-state index is -4.42. The van der Waals surface area contributed by atoms with Gasteiger partial charge < -0.3 is 14.4 Å². The molecule has 1 atom stereocenters. The molecule has 0 aromatic heterocycles. The Morgan fingerprint density at radius 1 is 1.35 bits per heavy atom. The monoisotopic (exact) mass is 535 g/mol. The number of rotatable bonds is 7. The number of hydrogen-bond donors (Lipinski definition) is 1. The molecule has 130 valence electrons. The van der Waals surface area contributed by atoms with Crippen molar-refractivity contribution < 1.29 is 27.6 Å². The SMILES string of the molecule is CCC(Cc1c(Br)cc(Br)c(O)c1Br)C(=O)OCCS(=O)(=O)[O-]. The highest BCUT2D eigenvalue weighted by Gasteiger charge is 2.23. The van der Waals surface area contributed by atoms with Crippen molar-refractivity contribution in [3.05, 3.63) is 25.0 Å². The molecule has 10 heteroatoms. The zero-order valence-electron chi connectivity index (χ0n) is 12.0. The number of carbonyl (C=O) groups excluding carboxylic acids is 1. The van der Waals surface area contributed by atoms with Crippen LogP contribution in [-0.4, -0.2) is 36.4 Å². The van der Waals surface area contributed by atoms with Crippen molar-refractivity contribution in [2.24, 2.45) is 5.92 Å². The number of benzene rings is 1. The molecule has 0 bridgehead atoms. The number of carbonyl (C=O) groups is 1. The molecule has 0 saturated heterocycles. The molecule has 1 unspecified atom stereocenters. The molecule has 1 aromatic carbocycles. The van der Waals surface area contributed by atoms with E-state index < -0.39 is 34.4 Å². The highest BCUT2D eigenvalue weighted by Crippen LogP contribution is 2.40. The first kappa shape index (κ1) is 20.9. The lowest BCUT2D eigenvalue weighted by Crippen LogP contribution is -2.23. The van der Waals surface area contributed by atoms with Crippen LogP contribution >= 0.6 is 47.8 Å². The summed E-state index contributed by atoms with van der Waals surface area (Å²) in [6, 6.07) is 1.66. The average Bonchev–Trinajstić information content (AvgIpc) is 2.43. The number of esters is 1. The Labute approximate surface area is 159 Å². The van der Waals surface area contributed by atoms with Gasteiger partial charge in [-0.15, -0.1) is 0 Å². The van der Waals surface area contributed by atoms with E-state index in [2.05, 4.69) is 47.8 Å². The highest BCUT2D eigenvalue weighted by atomic mass is 79.9. The third-order valence-electron chi connectivity index (χ3n) is 3.10. The van der Waals surface area contributed by atoms with E-state index in [0.717, 1.165) is 0 Å². The van der Waals surface area contributed by atoms with E-state index in [0.29, 0.717) is 25.4 Å². The molecule has 23 heavy (non-hydrogen) atoms. The van der Waals surface area contributed by atoms with Crippen LogP contribution in [0.2, 0.25) is 0 Å². The highest BCUT2D eigenvalue weighted by molar-refractivity contribution is 9.11. The van der Waals surface area contributed by atoms with Gasteiger partial charge in [-0.05, 0) is 56.3 Å². The van der Waals surface area contributed by atoms with E-state index in [4.69, 9.17) is 4.74 Å². The largest absolute Gasteiger partial charge is 0.748 e. The van der Waals surface area contributed by atoms with Crippen LogP contribution in [0.3, 0.4) is 0 Å². The van der Waals surface area contributed by atoms with Gasteiger partial charge in [-0.1, -0.05) is 22.9 Å². The van der Waals surface area contributed by atoms with Gasteiger partial charge in [-0.2, -0.15) is 0 Å². The van der Waals surface area contributed by atoms with Gasteiger partial charge in [0.2, 0.25) is 0 Å². The van der Waals surface area contributed by atoms with E-state index in [1.54, 1.807) is 13.0 Å². The number of hydrogen-bond acceptors (Lipinski definition) is 6. The zero-order valence-corrected chi connectivity index (χ0v) is 17.6. The molecule has 0 spiro atoms. The van der Waals surface area contributed by atoms with Gasteiger partial charge in [-0.3, -0.25) is 4.79 Å². The molecular weight excluding hydrogens is 524 g/mol. The fourth-order valence-electron chi connectivity index (χ4n) is 1.81. The summed E-state index contributed by atoms with van der Waals surface area (Å²) in [7, 11) is -4.42. The van der Waals surface area contributed by atoms with Crippen molar-refractivity contribution in [1.29, 1.82) is 0 Å². The number of phenols is 1. The summed E-state index contributed by atoms with van der Waals surface area (Å²) >= 11 is 9.87. The fourth-order valence-corrected chi connectivity index (χ4v) is 4.54. The first-order valence-electron chi connectivity index (χ1n) is 6.52. The molecule has 6 nitrogen and oxygen atoms in total. The minimum Gasteiger partial charge on any atom is -0.748 e. The summed E-state index contributed by atoms with van der Waals surface area (Å²) < 4.78 is 38.0. The summed E-state index contributed by atoms with van der Waals surface area (Å²) in [6.45, 7) is 1.33. The molecule has 1 N–H and O–H groups in total. The number of aromatic hydroxyl groups is 1. The molecule has 0 heterocycles. The smallest absolute Gasteiger partial charge is 0.309 e. The Kier molecular flexibility index (Phi) is 7.99. The topological polar surface area (TPSA) is 104 Å². The van der Waals surface area contributed by atoms with Crippen molar-refractivity contribution in [2.45, 2.75) is 19.8 Å². The summed E-state index contributed by atoms with van der Waals surface area (Å²) in [4.78, 5) is 12.0. The number of ether oxygens (including phenoxy) is 1. The lowest BCUT2D eigenvalue weighted by atomic mass is 9.97. The Hall–Kier alpha value is -0.160. The lowest BCUT2D eigenvalue weighted by molar-refractivity contribution is -0.148. The van der Waals surface area contributed by atoms with E-state index in [-0.39, 0.29) is 12.2 Å². The molecular formula is C13H14Br3O6S-. The van der Waals surface area contributed by atoms with Gasteiger partial charge >= 0.3 is 5.97 Å². The van der Waals surface area contributed by atoms with Crippen molar-refractivity contribution >= 4 is 63.9 Å². The first-order valence-corrected chi connectivity index (χ1v) is 10.5. The van der Waals surface area contributed by atoms with Gasteiger partial charge in [0.1, 0.15) is 12.4 Å². The maximum absolute atomic E-state index is 12.0. The second-order valence-corrected chi connectivity index (χ2v) is 8.75. The second-order valence-electron chi connectivity index (χ2n) is 4.72. The maximum atomic E-state index is 12.0. The van der Waals surface area contributed by atoms with Crippen molar-refractivity contribution in [3.8, 4) is 5.75 Å². The van der Waals surface area contributed by atoms with E-state index in [1.807, 2.05) is 0 Å². The molecule has 0 radical (unpaired) electrons. The van der Waals surface area contributed by atoms with Crippen LogP contribution in [-0.2, 0) is 26.1 Å². The van der Waals surface area contributed by atoms with Crippen molar-refractivity contribution in [3.63, 3.8) is 0 Å². The Morgan fingerprint density at radius 3 is 2.48 bits per heavy atom. The standard InChI is InChI=1S/C13H15Br3O6S/c1-2-7(13(18)22-3-4-23(19,20)21)5-8-9(14)6-10(15)12(17)11(8)16/h6-7,17H,2-5H2,1H3,(H,19,20,21)/p-1. The molecule has 1 aromatic rings. The summed E-state index contributed by atoms with van der Waals surface area (Å²) in [5.74, 6) is -1.85. The molecule has 0 saturated carbocycles. The third-order valence-corrected chi connectivity index (χ3v) is 5.93. The third kappa shape index (κ3) is 6.33. The van der Waals surface area contributed by atoms with Crippen molar-refractivity contribution in [2.75, 3.05) is 12.4 Å². The summed E-state index contributed by atoms with van der Waals surface area (Å²) in [5.41, 5.74) is 0.686. The zero-order chi connectivity index (χ0) is 17.8. The molecule has 1 rings (SSSR count). The fraction of sp³-hybridized carbons (Fsp3) is 0.462. The number of phenolic OH excluding ortho intramolecular Hbond substituents is 1. The molecule has 0 aliphatic heterocycles. The van der Waals surface area contributed by atoms with Gasteiger partial charge in [0.25, 0.3) is 0 Å². The van der Waals surface area contributed by atoms with Gasteiger partial charge in [0.15, 0.2) is 0 Å². The van der Waals surface area contributed by atoms with Gasteiger partial charge in [-0.25, -0.2) is 8.42 Å². The summed E-state index contributed by atoms with van der Waals surface area (Å²) in [6.07, 6.45) is 0.736. The maximum Gasteiger partial charge on any atom is 0.309 e. The van der Waals surface area contributed by atoms with Crippen LogP contribution in [0.1, 0.15) is 18.9 Å². The van der Waals surface area contributed by atoms with Crippen LogP contribution in [0.25, 0.3) is 0 Å². The number of halogens is 3. The molecule has 0 aliphatic carbocycles. The van der Waals surface area contributed by atoms with Crippen LogP contribution in [0.15, 0.2) is 19.5 Å². The van der Waals surface area contributed by atoms with Crippen LogP contribution in [0, 0.1) is 5.92 Å². The van der Waals surface area contributed by atoms with E-state index >= 15 is 0 Å². The van der Waals surface area contributed by atoms with Crippen LogP contribution < -0.4 is 0 Å². The second kappa shape index (κ2) is 8.80. The Balaban J connectivity index is 2.85. The van der Waals surface area contributed by atoms with E-state index in [1.165, 1.54) is 0 Å². The predicted octanol–water partition coefficient (Wildman–Crippen LogP) is 3.34. The Bertz CT molecular complexity index is 689. The predicted molar refractivity (Wildman–Crippen MR) is 94.2 cm³/mol. The van der Waals surface area contributed by atoms with Crippen LogP contribution in [0.4, 0.5) is 0 Å². The minimum absolute atomic E-state index is 0.0175. The van der Waals surface area contributed by atoms with E-state index in [9.17, 15) is 22.9 Å².